The van der Waals surface area contributed by atoms with E-state index in [0.717, 1.165) is 0 Å². The van der Waals surface area contributed by atoms with Crippen molar-refractivity contribution in [2.45, 2.75) is 25.3 Å². The quantitative estimate of drug-likeness (QED) is 0.819. The predicted octanol–water partition coefficient (Wildman–Crippen LogP) is 1.02. The lowest BCUT2D eigenvalue weighted by Crippen LogP contribution is -2.32. The number of nitrogens with one attached hydrogen (secondary N) is 1. The van der Waals surface area contributed by atoms with Crippen molar-refractivity contribution in [1.29, 1.82) is 0 Å². The van der Waals surface area contributed by atoms with E-state index < -0.39 is 21.7 Å². The first-order valence-corrected chi connectivity index (χ1v) is 8.00. The largest absolute Gasteiger partial charge is 0.476 e. The fourth-order valence-corrected chi connectivity index (χ4v) is 3.76. The van der Waals surface area contributed by atoms with Gasteiger partial charge in [0, 0.05) is 12.7 Å². The van der Waals surface area contributed by atoms with Crippen LogP contribution in [0, 0.1) is 6.92 Å². The highest BCUT2D eigenvalue weighted by Gasteiger charge is 2.32. The molecule has 2 aromatic heterocycles. The highest BCUT2D eigenvalue weighted by Crippen LogP contribution is 2.23. The SMILES string of the molecule is CCN(Cc1ccccn1)S(=O)(=O)c1c(C(=O)O)n[nH]c1C. The summed E-state index contributed by atoms with van der Waals surface area (Å²) in [5.74, 6) is -1.39. The zero-order valence-electron chi connectivity index (χ0n) is 12.1. The smallest absolute Gasteiger partial charge is 0.357 e. The summed E-state index contributed by atoms with van der Waals surface area (Å²) in [6.07, 6.45) is 1.57. The van der Waals surface area contributed by atoms with Crippen LogP contribution >= 0.6 is 0 Å². The Labute approximate surface area is 127 Å². The Balaban J connectivity index is 2.44. The van der Waals surface area contributed by atoms with Gasteiger partial charge >= 0.3 is 5.97 Å². The monoisotopic (exact) mass is 324 g/mol. The molecular formula is C13H16N4O4S. The van der Waals surface area contributed by atoms with Crippen molar-refractivity contribution in [3.8, 4) is 0 Å². The molecule has 118 valence electrons. The number of rotatable bonds is 6. The molecule has 0 spiro atoms. The van der Waals surface area contributed by atoms with Crippen LogP contribution in [0.5, 0.6) is 0 Å². The van der Waals surface area contributed by atoms with E-state index in [4.69, 9.17) is 5.11 Å². The summed E-state index contributed by atoms with van der Waals surface area (Å²) in [7, 11) is -3.99. The van der Waals surface area contributed by atoms with E-state index in [9.17, 15) is 13.2 Å². The molecule has 0 bridgehead atoms. The number of carboxylic acids is 1. The number of hydrogen-bond donors (Lipinski definition) is 2. The zero-order valence-corrected chi connectivity index (χ0v) is 13.0. The summed E-state index contributed by atoms with van der Waals surface area (Å²) in [5, 5.41) is 15.1. The van der Waals surface area contributed by atoms with Crippen molar-refractivity contribution in [3.63, 3.8) is 0 Å². The minimum absolute atomic E-state index is 0.0589. The molecule has 0 atom stereocenters. The van der Waals surface area contributed by atoms with E-state index in [1.54, 1.807) is 31.3 Å². The fourth-order valence-electron chi connectivity index (χ4n) is 2.05. The van der Waals surface area contributed by atoms with Crippen LogP contribution in [0.1, 0.15) is 28.8 Å². The van der Waals surface area contributed by atoms with E-state index >= 15 is 0 Å². The summed E-state index contributed by atoms with van der Waals surface area (Å²) >= 11 is 0. The Morgan fingerprint density at radius 3 is 2.68 bits per heavy atom. The average Bonchev–Trinajstić information content (AvgIpc) is 2.88. The molecule has 0 unspecified atom stereocenters. The van der Waals surface area contributed by atoms with Gasteiger partial charge in [0.15, 0.2) is 5.69 Å². The standard InChI is InChI=1S/C13H16N4O4S/c1-3-17(8-10-6-4-5-7-14-10)22(20,21)12-9(2)15-16-11(12)13(18)19/h4-7H,3,8H2,1-2H3,(H,15,16)(H,18,19). The number of aromatic carboxylic acids is 1. The lowest BCUT2D eigenvalue weighted by atomic mass is 10.3. The van der Waals surface area contributed by atoms with Crippen LogP contribution in [-0.2, 0) is 16.6 Å². The highest BCUT2D eigenvalue weighted by molar-refractivity contribution is 7.89. The number of hydrogen-bond acceptors (Lipinski definition) is 5. The van der Waals surface area contributed by atoms with Crippen LogP contribution in [0.3, 0.4) is 0 Å². The molecule has 0 saturated heterocycles. The molecule has 0 amide bonds. The van der Waals surface area contributed by atoms with Crippen molar-refractivity contribution in [2.75, 3.05) is 6.54 Å². The minimum atomic E-state index is -3.99. The minimum Gasteiger partial charge on any atom is -0.476 e. The van der Waals surface area contributed by atoms with Crippen LogP contribution in [-0.4, -0.2) is 45.5 Å². The molecule has 0 radical (unpaired) electrons. The highest BCUT2D eigenvalue weighted by atomic mass is 32.2. The van der Waals surface area contributed by atoms with Crippen molar-refractivity contribution >= 4 is 16.0 Å². The second-order valence-electron chi connectivity index (χ2n) is 4.58. The lowest BCUT2D eigenvalue weighted by Gasteiger charge is -2.20. The number of aryl methyl sites for hydroxylation is 1. The number of aromatic nitrogens is 3. The van der Waals surface area contributed by atoms with Gasteiger partial charge in [0.25, 0.3) is 0 Å². The van der Waals surface area contributed by atoms with E-state index in [2.05, 4.69) is 15.2 Å². The van der Waals surface area contributed by atoms with Crippen molar-refractivity contribution in [2.24, 2.45) is 0 Å². The molecule has 2 N–H and O–H groups in total. The molecular weight excluding hydrogens is 308 g/mol. The van der Waals surface area contributed by atoms with Crippen molar-refractivity contribution < 1.29 is 18.3 Å². The molecule has 0 saturated carbocycles. The Morgan fingerprint density at radius 1 is 1.41 bits per heavy atom. The summed E-state index contributed by atoms with van der Waals surface area (Å²) in [6, 6.07) is 5.20. The third-order valence-corrected chi connectivity index (χ3v) is 5.19. The molecule has 0 fully saturated rings. The van der Waals surface area contributed by atoms with Crippen LogP contribution in [0.25, 0.3) is 0 Å². The average molecular weight is 324 g/mol. The predicted molar refractivity (Wildman–Crippen MR) is 77.8 cm³/mol. The first-order chi connectivity index (χ1) is 10.4. The second-order valence-corrected chi connectivity index (χ2v) is 6.46. The molecule has 0 aliphatic heterocycles. The maximum atomic E-state index is 12.7. The van der Waals surface area contributed by atoms with Gasteiger partial charge in [-0.15, -0.1) is 0 Å². The fraction of sp³-hybridized carbons (Fsp3) is 0.308. The molecule has 0 aromatic carbocycles. The summed E-state index contributed by atoms with van der Waals surface area (Å²) in [6.45, 7) is 3.39. The molecule has 2 rings (SSSR count). The normalized spacial score (nSPS) is 11.8. The van der Waals surface area contributed by atoms with Crippen LogP contribution < -0.4 is 0 Å². The third-order valence-electron chi connectivity index (χ3n) is 3.11. The number of carbonyl (C=O) groups is 1. The Hall–Kier alpha value is -2.26. The van der Waals surface area contributed by atoms with Crippen LogP contribution in [0.15, 0.2) is 29.3 Å². The molecule has 9 heteroatoms. The van der Waals surface area contributed by atoms with E-state index in [0.29, 0.717) is 5.69 Å². The maximum Gasteiger partial charge on any atom is 0.357 e. The molecule has 2 aromatic rings. The van der Waals surface area contributed by atoms with Gasteiger partial charge in [0.05, 0.1) is 17.9 Å². The maximum absolute atomic E-state index is 12.7. The molecule has 8 nitrogen and oxygen atoms in total. The van der Waals surface area contributed by atoms with Gasteiger partial charge in [0.2, 0.25) is 10.0 Å². The topological polar surface area (TPSA) is 116 Å². The number of aromatic amines is 1. The third kappa shape index (κ3) is 3.00. The van der Waals surface area contributed by atoms with E-state index in [1.165, 1.54) is 11.2 Å². The van der Waals surface area contributed by atoms with Gasteiger partial charge in [0.1, 0.15) is 4.90 Å². The summed E-state index contributed by atoms with van der Waals surface area (Å²) < 4.78 is 26.7. The number of nitrogens with zero attached hydrogens (tertiary/aromatic N) is 3. The van der Waals surface area contributed by atoms with Gasteiger partial charge in [-0.25, -0.2) is 13.2 Å². The van der Waals surface area contributed by atoms with Crippen molar-refractivity contribution in [3.05, 3.63) is 41.5 Å². The first-order valence-electron chi connectivity index (χ1n) is 6.56. The number of sulfonamides is 1. The van der Waals surface area contributed by atoms with E-state index in [1.807, 2.05) is 0 Å². The lowest BCUT2D eigenvalue weighted by molar-refractivity contribution is 0.0686. The Morgan fingerprint density at radius 2 is 2.14 bits per heavy atom. The molecule has 0 aliphatic rings. The summed E-state index contributed by atoms with van der Waals surface area (Å²) in [5.41, 5.74) is 0.264. The first kappa shape index (κ1) is 16.1. The second kappa shape index (κ2) is 6.24. The number of H-pyrrole nitrogens is 1. The van der Waals surface area contributed by atoms with Crippen molar-refractivity contribution in [1.82, 2.24) is 19.5 Å². The van der Waals surface area contributed by atoms with Gasteiger partial charge in [-0.1, -0.05) is 13.0 Å². The summed E-state index contributed by atoms with van der Waals surface area (Å²) in [4.78, 5) is 15.0. The zero-order chi connectivity index (χ0) is 16.3. The van der Waals surface area contributed by atoms with E-state index in [-0.39, 0.29) is 23.7 Å². The Kier molecular flexibility index (Phi) is 4.57. The van der Waals surface area contributed by atoms with Gasteiger partial charge in [-0.05, 0) is 19.1 Å². The number of pyridine rings is 1. The molecule has 22 heavy (non-hydrogen) atoms. The van der Waals surface area contributed by atoms with Gasteiger partial charge < -0.3 is 5.11 Å². The number of carboxylic acid groups (broad SMARTS) is 1. The molecule has 2 heterocycles. The van der Waals surface area contributed by atoms with Crippen LogP contribution in [0.2, 0.25) is 0 Å². The van der Waals surface area contributed by atoms with Gasteiger partial charge in [-0.3, -0.25) is 10.1 Å². The van der Waals surface area contributed by atoms with Gasteiger partial charge in [-0.2, -0.15) is 9.40 Å². The molecule has 0 aliphatic carbocycles. The Bertz CT molecular complexity index is 771. The van der Waals surface area contributed by atoms with Crippen LogP contribution in [0.4, 0.5) is 0 Å².